The number of imidazole rings is 1. The topological polar surface area (TPSA) is 58.4 Å². The van der Waals surface area contributed by atoms with Gasteiger partial charge in [0.15, 0.2) is 0 Å². The minimum Gasteiger partial charge on any atom is -0.350 e. The summed E-state index contributed by atoms with van der Waals surface area (Å²) >= 11 is 0. The summed E-state index contributed by atoms with van der Waals surface area (Å²) in [6.45, 7) is 4.70. The van der Waals surface area contributed by atoms with E-state index in [0.29, 0.717) is 18.9 Å². The number of carbonyl (C=O) groups excluding carboxylic acids is 1. The van der Waals surface area contributed by atoms with Crippen molar-refractivity contribution in [2.75, 3.05) is 13.1 Å². The summed E-state index contributed by atoms with van der Waals surface area (Å²) in [6.07, 6.45) is 6.80. The number of rotatable bonds is 5. The molecular formula is C16H24Cl2N4O. The van der Waals surface area contributed by atoms with Crippen LogP contribution >= 0.6 is 24.8 Å². The molecule has 23 heavy (non-hydrogen) atoms. The average Bonchev–Trinajstić information content (AvgIpc) is 3.11. The van der Waals surface area contributed by atoms with E-state index >= 15 is 0 Å². The molecule has 0 spiro atoms. The summed E-state index contributed by atoms with van der Waals surface area (Å²) in [4.78, 5) is 16.4. The molecule has 0 radical (unpaired) electrons. The van der Waals surface area contributed by atoms with Crippen LogP contribution in [-0.4, -0.2) is 28.4 Å². The van der Waals surface area contributed by atoms with Crippen LogP contribution in [0, 0.1) is 12.8 Å². The first-order chi connectivity index (χ1) is 10.2. The third-order valence-corrected chi connectivity index (χ3v) is 4.06. The normalized spacial score (nSPS) is 16.7. The van der Waals surface area contributed by atoms with Crippen LogP contribution < -0.4 is 10.6 Å². The molecule has 2 aromatic rings. The zero-order valence-corrected chi connectivity index (χ0v) is 14.9. The van der Waals surface area contributed by atoms with E-state index in [1.54, 1.807) is 0 Å². The Morgan fingerprint density at radius 3 is 2.96 bits per heavy atom. The highest BCUT2D eigenvalue weighted by Gasteiger charge is 2.15. The van der Waals surface area contributed by atoms with Gasteiger partial charge in [-0.2, -0.15) is 0 Å². The van der Waals surface area contributed by atoms with Crippen LogP contribution in [-0.2, 0) is 11.3 Å². The summed E-state index contributed by atoms with van der Waals surface area (Å²) in [7, 11) is 0. The summed E-state index contributed by atoms with van der Waals surface area (Å²) in [5.74, 6) is 0.782. The second kappa shape index (κ2) is 9.11. The molecule has 2 N–H and O–H groups in total. The van der Waals surface area contributed by atoms with E-state index in [2.05, 4.69) is 22.5 Å². The lowest BCUT2D eigenvalue weighted by Crippen LogP contribution is -2.23. The number of halogens is 2. The molecule has 3 heterocycles. The van der Waals surface area contributed by atoms with Gasteiger partial charge in [-0.05, 0) is 50.4 Å². The van der Waals surface area contributed by atoms with Crippen molar-refractivity contribution in [2.24, 2.45) is 5.92 Å². The van der Waals surface area contributed by atoms with Crippen LogP contribution in [0.4, 0.5) is 0 Å². The predicted molar refractivity (Wildman–Crippen MR) is 96.5 cm³/mol. The zero-order valence-electron chi connectivity index (χ0n) is 13.2. The fraction of sp³-hybridized carbons (Fsp3) is 0.500. The van der Waals surface area contributed by atoms with Crippen molar-refractivity contribution in [3.8, 4) is 0 Å². The second-order valence-electron chi connectivity index (χ2n) is 5.88. The number of fused-ring (bicyclic) bond motifs is 1. The molecule has 1 amide bonds. The summed E-state index contributed by atoms with van der Waals surface area (Å²) in [6, 6.07) is 4.04. The number of hydrogen-bond donors (Lipinski definition) is 2. The Bertz CT molecular complexity index is 638. The molecule has 0 bridgehead atoms. The van der Waals surface area contributed by atoms with E-state index in [0.717, 1.165) is 30.9 Å². The van der Waals surface area contributed by atoms with Gasteiger partial charge in [0, 0.05) is 18.8 Å². The van der Waals surface area contributed by atoms with Gasteiger partial charge in [-0.3, -0.25) is 4.79 Å². The third kappa shape index (κ3) is 5.37. The van der Waals surface area contributed by atoms with Gasteiger partial charge in [-0.1, -0.05) is 6.07 Å². The van der Waals surface area contributed by atoms with E-state index in [4.69, 9.17) is 0 Å². The lowest BCUT2D eigenvalue weighted by molar-refractivity contribution is -0.121. The Kier molecular flexibility index (Phi) is 7.82. The zero-order chi connectivity index (χ0) is 14.7. The van der Waals surface area contributed by atoms with Gasteiger partial charge >= 0.3 is 0 Å². The smallest absolute Gasteiger partial charge is 0.220 e. The van der Waals surface area contributed by atoms with Crippen LogP contribution in [0.3, 0.4) is 0 Å². The molecule has 7 heteroatoms. The Morgan fingerprint density at radius 1 is 1.39 bits per heavy atom. The lowest BCUT2D eigenvalue weighted by atomic mass is 10.0. The molecule has 1 unspecified atom stereocenters. The number of nitrogens with zero attached hydrogens (tertiary/aromatic N) is 2. The van der Waals surface area contributed by atoms with Gasteiger partial charge in [0.1, 0.15) is 5.65 Å². The highest BCUT2D eigenvalue weighted by molar-refractivity contribution is 5.85. The molecule has 3 rings (SSSR count). The molecule has 1 aliphatic rings. The first-order valence-electron chi connectivity index (χ1n) is 7.62. The molecule has 0 aliphatic carbocycles. The fourth-order valence-electron chi connectivity index (χ4n) is 2.81. The van der Waals surface area contributed by atoms with Gasteiger partial charge in [-0.15, -0.1) is 24.8 Å². The standard InChI is InChI=1S/C16H22N4O.2ClH/c1-12-2-4-15-19-14(11-20(15)10-12)9-18-16(21)5-3-13-6-7-17-8-13;;/h2,4,10-11,13,17H,3,5-9H2,1H3,(H,18,21);2*1H. The highest BCUT2D eigenvalue weighted by atomic mass is 35.5. The molecule has 5 nitrogen and oxygen atoms in total. The van der Waals surface area contributed by atoms with E-state index in [9.17, 15) is 4.79 Å². The average molecular weight is 359 g/mol. The summed E-state index contributed by atoms with van der Waals surface area (Å²) < 4.78 is 2.00. The molecule has 1 fully saturated rings. The molecule has 2 aromatic heterocycles. The maximum atomic E-state index is 11.9. The van der Waals surface area contributed by atoms with Crippen molar-refractivity contribution in [3.05, 3.63) is 35.8 Å². The number of aryl methyl sites for hydroxylation is 1. The van der Waals surface area contributed by atoms with E-state index < -0.39 is 0 Å². The van der Waals surface area contributed by atoms with Crippen molar-refractivity contribution in [3.63, 3.8) is 0 Å². The second-order valence-corrected chi connectivity index (χ2v) is 5.88. The Morgan fingerprint density at radius 2 is 2.22 bits per heavy atom. The number of carbonyl (C=O) groups is 1. The van der Waals surface area contributed by atoms with Crippen LogP contribution in [0.15, 0.2) is 24.5 Å². The third-order valence-electron chi connectivity index (χ3n) is 4.06. The maximum absolute atomic E-state index is 11.9. The Hall–Kier alpha value is -1.30. The van der Waals surface area contributed by atoms with Crippen LogP contribution in [0.5, 0.6) is 0 Å². The minimum absolute atomic E-state index is 0. The molecule has 0 saturated carbocycles. The lowest BCUT2D eigenvalue weighted by Gasteiger charge is -2.07. The number of pyridine rings is 1. The van der Waals surface area contributed by atoms with Crippen LogP contribution in [0.25, 0.3) is 5.65 Å². The quantitative estimate of drug-likeness (QED) is 0.863. The van der Waals surface area contributed by atoms with Gasteiger partial charge in [-0.25, -0.2) is 4.98 Å². The minimum atomic E-state index is 0. The van der Waals surface area contributed by atoms with Crippen molar-refractivity contribution in [2.45, 2.75) is 32.7 Å². The molecular weight excluding hydrogens is 335 g/mol. The van der Waals surface area contributed by atoms with Crippen molar-refractivity contribution in [1.82, 2.24) is 20.0 Å². The van der Waals surface area contributed by atoms with Crippen molar-refractivity contribution in [1.29, 1.82) is 0 Å². The molecule has 128 valence electrons. The van der Waals surface area contributed by atoms with E-state index in [1.165, 1.54) is 12.0 Å². The van der Waals surface area contributed by atoms with E-state index in [1.807, 2.05) is 28.9 Å². The highest BCUT2D eigenvalue weighted by Crippen LogP contribution is 2.14. The fourth-order valence-corrected chi connectivity index (χ4v) is 2.81. The van der Waals surface area contributed by atoms with E-state index in [-0.39, 0.29) is 30.7 Å². The maximum Gasteiger partial charge on any atom is 0.220 e. The first kappa shape index (κ1) is 19.7. The molecule has 1 aliphatic heterocycles. The predicted octanol–water partition coefficient (Wildman–Crippen LogP) is 2.49. The monoisotopic (exact) mass is 358 g/mol. The Balaban J connectivity index is 0.00000132. The Labute approximate surface area is 149 Å². The SMILES string of the molecule is Cc1ccc2nc(CNC(=O)CCC3CCNC3)cn2c1.Cl.Cl. The molecule has 1 atom stereocenters. The van der Waals surface area contributed by atoms with Gasteiger partial charge in [0.05, 0.1) is 12.2 Å². The van der Waals surface area contributed by atoms with Crippen LogP contribution in [0.1, 0.15) is 30.5 Å². The van der Waals surface area contributed by atoms with Crippen molar-refractivity contribution >= 4 is 36.4 Å². The van der Waals surface area contributed by atoms with Crippen molar-refractivity contribution < 1.29 is 4.79 Å². The van der Waals surface area contributed by atoms with Crippen LogP contribution in [0.2, 0.25) is 0 Å². The number of amides is 1. The molecule has 1 saturated heterocycles. The van der Waals surface area contributed by atoms with Gasteiger partial charge < -0.3 is 15.0 Å². The van der Waals surface area contributed by atoms with Gasteiger partial charge in [0.2, 0.25) is 5.91 Å². The number of hydrogen-bond acceptors (Lipinski definition) is 3. The largest absolute Gasteiger partial charge is 0.350 e. The summed E-state index contributed by atoms with van der Waals surface area (Å²) in [5.41, 5.74) is 3.01. The molecule has 0 aromatic carbocycles. The first-order valence-corrected chi connectivity index (χ1v) is 7.62. The number of aromatic nitrogens is 2. The number of nitrogens with one attached hydrogen (secondary N) is 2. The van der Waals surface area contributed by atoms with Gasteiger partial charge in [0.25, 0.3) is 0 Å². The summed E-state index contributed by atoms with van der Waals surface area (Å²) in [5, 5.41) is 6.29.